The number of carbonyl (C=O) groups excluding carboxylic acids is 1. The van der Waals surface area contributed by atoms with Crippen LogP contribution in [0.25, 0.3) is 0 Å². The first-order chi connectivity index (χ1) is 13.4. The van der Waals surface area contributed by atoms with E-state index in [2.05, 4.69) is 5.32 Å². The first-order valence-electron chi connectivity index (χ1n) is 9.84. The van der Waals surface area contributed by atoms with Gasteiger partial charge in [0.2, 0.25) is 15.9 Å². The first-order valence-corrected chi connectivity index (χ1v) is 12.0. The zero-order chi connectivity index (χ0) is 20.1. The summed E-state index contributed by atoms with van der Waals surface area (Å²) in [5.41, 5.74) is 0. The van der Waals surface area contributed by atoms with Crippen LogP contribution in [0.1, 0.15) is 38.5 Å². The molecule has 2 aliphatic rings. The lowest BCUT2D eigenvalue weighted by atomic mass is 10.1. The largest absolute Gasteiger partial charge is 0.352 e. The standard InChI is InChI=1S/C19H27Cl2N3O3S/c20-16-8-5-9-17(21)19(16)28(26,27)24-12-10-23(11-13-24)14-18(25)22-15-6-3-1-2-4-7-15/h5,8-9,15H,1-4,6-7,10-14H2,(H,22,25). The Bertz CT molecular complexity index is 767. The SMILES string of the molecule is O=C(CN1CCN(S(=O)(=O)c2c(Cl)cccc2Cl)CC1)NC1CCCCCC1. The summed E-state index contributed by atoms with van der Waals surface area (Å²) in [6.45, 7) is 1.91. The fraction of sp³-hybridized carbons (Fsp3) is 0.632. The maximum absolute atomic E-state index is 12.9. The predicted octanol–water partition coefficient (Wildman–Crippen LogP) is 3.14. The summed E-state index contributed by atoms with van der Waals surface area (Å²) in [5.74, 6) is 0.0253. The highest BCUT2D eigenvalue weighted by Crippen LogP contribution is 2.31. The lowest BCUT2D eigenvalue weighted by Crippen LogP contribution is -2.51. The van der Waals surface area contributed by atoms with Gasteiger partial charge in [0, 0.05) is 32.2 Å². The molecular formula is C19H27Cl2N3O3S. The number of piperazine rings is 1. The molecule has 9 heteroatoms. The molecule has 0 unspecified atom stereocenters. The van der Waals surface area contributed by atoms with Gasteiger partial charge >= 0.3 is 0 Å². The molecule has 156 valence electrons. The number of hydrogen-bond donors (Lipinski definition) is 1. The number of nitrogens with zero attached hydrogens (tertiary/aromatic N) is 2. The summed E-state index contributed by atoms with van der Waals surface area (Å²) in [5, 5.41) is 3.39. The summed E-state index contributed by atoms with van der Waals surface area (Å²) >= 11 is 12.2. The molecule has 1 aromatic rings. The Kier molecular flexibility index (Phi) is 7.61. The van der Waals surface area contributed by atoms with Gasteiger partial charge in [0.05, 0.1) is 16.6 Å². The molecule has 0 spiro atoms. The van der Waals surface area contributed by atoms with Crippen LogP contribution in [-0.4, -0.2) is 62.3 Å². The van der Waals surface area contributed by atoms with Crippen LogP contribution in [0.2, 0.25) is 10.0 Å². The molecule has 0 aromatic heterocycles. The highest BCUT2D eigenvalue weighted by Gasteiger charge is 2.32. The average molecular weight is 448 g/mol. The van der Waals surface area contributed by atoms with E-state index in [1.165, 1.54) is 42.1 Å². The summed E-state index contributed by atoms with van der Waals surface area (Å²) in [7, 11) is -3.76. The van der Waals surface area contributed by atoms with Gasteiger partial charge in [-0.2, -0.15) is 4.31 Å². The topological polar surface area (TPSA) is 69.7 Å². The van der Waals surface area contributed by atoms with Gasteiger partial charge in [-0.25, -0.2) is 8.42 Å². The summed E-state index contributed by atoms with van der Waals surface area (Å²) < 4.78 is 27.2. The van der Waals surface area contributed by atoms with E-state index in [4.69, 9.17) is 23.2 Å². The molecule has 1 saturated carbocycles. The minimum absolute atomic E-state index is 0.0253. The van der Waals surface area contributed by atoms with Crippen molar-refractivity contribution in [1.29, 1.82) is 0 Å². The quantitative estimate of drug-likeness (QED) is 0.703. The van der Waals surface area contributed by atoms with Crippen molar-refractivity contribution in [2.24, 2.45) is 0 Å². The second-order valence-electron chi connectivity index (χ2n) is 7.49. The Labute approximate surface area is 177 Å². The summed E-state index contributed by atoms with van der Waals surface area (Å²) in [6, 6.07) is 4.94. The number of benzene rings is 1. The molecule has 28 heavy (non-hydrogen) atoms. The van der Waals surface area contributed by atoms with Gasteiger partial charge in [-0.3, -0.25) is 9.69 Å². The van der Waals surface area contributed by atoms with Crippen LogP contribution in [-0.2, 0) is 14.8 Å². The Morgan fingerprint density at radius 2 is 1.57 bits per heavy atom. The Morgan fingerprint density at radius 3 is 2.14 bits per heavy atom. The molecule has 1 aliphatic heterocycles. The van der Waals surface area contributed by atoms with Crippen molar-refractivity contribution >= 4 is 39.1 Å². The number of nitrogens with one attached hydrogen (secondary N) is 1. The van der Waals surface area contributed by atoms with Crippen molar-refractivity contribution < 1.29 is 13.2 Å². The second-order valence-corrected chi connectivity index (χ2v) is 10.2. The van der Waals surface area contributed by atoms with Crippen LogP contribution in [0, 0.1) is 0 Å². The highest BCUT2D eigenvalue weighted by molar-refractivity contribution is 7.89. The smallest absolute Gasteiger partial charge is 0.246 e. The molecule has 0 atom stereocenters. The molecular weight excluding hydrogens is 421 g/mol. The lowest BCUT2D eigenvalue weighted by molar-refractivity contribution is -0.123. The maximum Gasteiger partial charge on any atom is 0.246 e. The van der Waals surface area contributed by atoms with Crippen molar-refractivity contribution in [2.45, 2.75) is 49.5 Å². The van der Waals surface area contributed by atoms with Gasteiger partial charge in [0.15, 0.2) is 0 Å². The van der Waals surface area contributed by atoms with Crippen molar-refractivity contribution in [1.82, 2.24) is 14.5 Å². The first kappa shape index (κ1) is 21.8. The van der Waals surface area contributed by atoms with Crippen LogP contribution in [0.4, 0.5) is 0 Å². The number of carbonyl (C=O) groups is 1. The third-order valence-corrected chi connectivity index (χ3v) is 8.29. The van der Waals surface area contributed by atoms with Crippen molar-refractivity contribution in [2.75, 3.05) is 32.7 Å². The lowest BCUT2D eigenvalue weighted by Gasteiger charge is -2.34. The third-order valence-electron chi connectivity index (χ3n) is 5.44. The van der Waals surface area contributed by atoms with Crippen LogP contribution < -0.4 is 5.32 Å². The molecule has 1 aromatic carbocycles. The number of rotatable bonds is 5. The monoisotopic (exact) mass is 447 g/mol. The van der Waals surface area contributed by atoms with E-state index in [9.17, 15) is 13.2 Å². The van der Waals surface area contributed by atoms with Crippen LogP contribution in [0.15, 0.2) is 23.1 Å². The van der Waals surface area contributed by atoms with E-state index in [0.29, 0.717) is 32.7 Å². The minimum Gasteiger partial charge on any atom is -0.352 e. The zero-order valence-corrected chi connectivity index (χ0v) is 18.2. The average Bonchev–Trinajstić information content (AvgIpc) is 2.90. The van der Waals surface area contributed by atoms with Gasteiger partial charge in [-0.1, -0.05) is 55.0 Å². The van der Waals surface area contributed by atoms with Crippen molar-refractivity contribution in [3.8, 4) is 0 Å². The number of sulfonamides is 1. The highest BCUT2D eigenvalue weighted by atomic mass is 35.5. The number of amides is 1. The molecule has 0 bridgehead atoms. The van der Waals surface area contributed by atoms with Crippen molar-refractivity contribution in [3.63, 3.8) is 0 Å². The summed E-state index contributed by atoms with van der Waals surface area (Å²) in [4.78, 5) is 14.3. The molecule has 1 aliphatic carbocycles. The fourth-order valence-electron chi connectivity index (χ4n) is 3.89. The zero-order valence-electron chi connectivity index (χ0n) is 15.9. The van der Waals surface area contributed by atoms with Crippen molar-refractivity contribution in [3.05, 3.63) is 28.2 Å². The van der Waals surface area contributed by atoms with Crippen LogP contribution >= 0.6 is 23.2 Å². The minimum atomic E-state index is -3.76. The summed E-state index contributed by atoms with van der Waals surface area (Å²) in [6.07, 6.45) is 6.95. The third kappa shape index (κ3) is 5.39. The van der Waals surface area contributed by atoms with Gasteiger partial charge in [0.25, 0.3) is 0 Å². The second kappa shape index (κ2) is 9.76. The Morgan fingerprint density at radius 1 is 1.00 bits per heavy atom. The Balaban J connectivity index is 1.53. The molecule has 6 nitrogen and oxygen atoms in total. The van der Waals surface area contributed by atoms with E-state index in [0.717, 1.165) is 12.8 Å². The molecule has 1 heterocycles. The van der Waals surface area contributed by atoms with E-state index in [1.807, 2.05) is 4.90 Å². The fourth-order valence-corrected chi connectivity index (χ4v) is 6.40. The predicted molar refractivity (Wildman–Crippen MR) is 111 cm³/mol. The molecule has 1 saturated heterocycles. The number of halogens is 2. The van der Waals surface area contributed by atoms with Gasteiger partial charge < -0.3 is 5.32 Å². The molecule has 1 amide bonds. The normalized spacial score (nSPS) is 20.6. The molecule has 3 rings (SSSR count). The van der Waals surface area contributed by atoms with Crippen LogP contribution in [0.3, 0.4) is 0 Å². The van der Waals surface area contributed by atoms with E-state index in [-0.39, 0.29) is 26.9 Å². The van der Waals surface area contributed by atoms with Gasteiger partial charge in [0.1, 0.15) is 4.90 Å². The van der Waals surface area contributed by atoms with Gasteiger partial charge in [-0.15, -0.1) is 0 Å². The van der Waals surface area contributed by atoms with Crippen LogP contribution in [0.5, 0.6) is 0 Å². The van der Waals surface area contributed by atoms with E-state index in [1.54, 1.807) is 6.07 Å². The van der Waals surface area contributed by atoms with Gasteiger partial charge in [-0.05, 0) is 25.0 Å². The van der Waals surface area contributed by atoms with E-state index < -0.39 is 10.0 Å². The van der Waals surface area contributed by atoms with E-state index >= 15 is 0 Å². The Hall–Kier alpha value is -0.860. The number of hydrogen-bond acceptors (Lipinski definition) is 4. The molecule has 2 fully saturated rings. The molecule has 0 radical (unpaired) electrons. The maximum atomic E-state index is 12.9. The molecule has 1 N–H and O–H groups in total.